The van der Waals surface area contributed by atoms with Crippen LogP contribution < -0.4 is 5.32 Å². The highest BCUT2D eigenvalue weighted by Gasteiger charge is 2.27. The van der Waals surface area contributed by atoms with Gasteiger partial charge in [0.15, 0.2) is 0 Å². The number of nitrogens with zero attached hydrogens (tertiary/aromatic N) is 2. The van der Waals surface area contributed by atoms with Crippen molar-refractivity contribution in [3.8, 4) is 0 Å². The zero-order valence-corrected chi connectivity index (χ0v) is 15.9. The van der Waals surface area contributed by atoms with E-state index in [9.17, 15) is 9.59 Å². The fourth-order valence-electron chi connectivity index (χ4n) is 3.63. The summed E-state index contributed by atoms with van der Waals surface area (Å²) in [4.78, 5) is 26.1. The Kier molecular flexibility index (Phi) is 5.37. The van der Waals surface area contributed by atoms with Gasteiger partial charge in [0, 0.05) is 48.2 Å². The number of aryl methyl sites for hydroxylation is 1. The van der Waals surface area contributed by atoms with Crippen LogP contribution >= 0.6 is 11.6 Å². The normalized spacial score (nSPS) is 16.5. The van der Waals surface area contributed by atoms with Crippen molar-refractivity contribution in [2.45, 2.75) is 25.8 Å². The monoisotopic (exact) mass is 373 g/mol. The van der Waals surface area contributed by atoms with Crippen molar-refractivity contribution in [3.05, 3.63) is 47.6 Å². The molecule has 26 heavy (non-hydrogen) atoms. The Morgan fingerprint density at radius 2 is 2.04 bits per heavy atom. The van der Waals surface area contributed by atoms with Gasteiger partial charge in [0.05, 0.1) is 6.04 Å². The number of hydrogen-bond donors (Lipinski definition) is 1. The lowest BCUT2D eigenvalue weighted by molar-refractivity contribution is -0.132. The molecule has 138 valence electrons. The number of nitrogens with one attached hydrogen (secondary N) is 1. The molecule has 0 aliphatic carbocycles. The summed E-state index contributed by atoms with van der Waals surface area (Å²) in [7, 11) is 1.98. The molecular weight excluding hydrogens is 350 g/mol. The van der Waals surface area contributed by atoms with Crippen LogP contribution in [0.3, 0.4) is 0 Å². The molecule has 1 aromatic heterocycles. The van der Waals surface area contributed by atoms with E-state index in [1.807, 2.05) is 42.9 Å². The number of amides is 2. The van der Waals surface area contributed by atoms with Crippen LogP contribution in [0.2, 0.25) is 5.02 Å². The van der Waals surface area contributed by atoms with Gasteiger partial charge in [-0.2, -0.15) is 0 Å². The average Bonchev–Trinajstić information content (AvgIpc) is 2.97. The number of fused-ring (bicyclic) bond motifs is 1. The molecule has 1 saturated heterocycles. The molecule has 1 aromatic carbocycles. The minimum atomic E-state index is -0.0970. The van der Waals surface area contributed by atoms with E-state index in [0.717, 1.165) is 16.5 Å². The van der Waals surface area contributed by atoms with Gasteiger partial charge in [-0.25, -0.2) is 0 Å². The maximum absolute atomic E-state index is 12.7. The number of rotatable bonds is 4. The summed E-state index contributed by atoms with van der Waals surface area (Å²) in [6, 6.07) is 5.70. The molecule has 1 fully saturated rings. The number of halogens is 1. The van der Waals surface area contributed by atoms with Crippen molar-refractivity contribution < 1.29 is 9.59 Å². The summed E-state index contributed by atoms with van der Waals surface area (Å²) >= 11 is 6.09. The zero-order valence-electron chi connectivity index (χ0n) is 15.2. The van der Waals surface area contributed by atoms with E-state index in [2.05, 4.69) is 11.9 Å². The van der Waals surface area contributed by atoms with Crippen molar-refractivity contribution in [2.24, 2.45) is 13.0 Å². The molecule has 2 aromatic rings. The third-order valence-electron chi connectivity index (χ3n) is 5.16. The molecule has 1 N–H and O–H groups in total. The smallest absolute Gasteiger partial charge is 0.245 e. The first kappa shape index (κ1) is 18.5. The standard InChI is InChI=1S/C20H24ClN3O2/c1-4-19(25)24-9-7-14(8-10-24)20(26)22-13(2)17-12-23(3)18-11-15(21)5-6-16(17)18/h4-6,11-14H,1,7-10H2,2-3H3,(H,22,26). The van der Waals surface area contributed by atoms with Gasteiger partial charge in [0.25, 0.3) is 0 Å². The Morgan fingerprint density at radius 1 is 1.35 bits per heavy atom. The number of hydrogen-bond acceptors (Lipinski definition) is 2. The number of carbonyl (C=O) groups is 2. The lowest BCUT2D eigenvalue weighted by Crippen LogP contribution is -2.42. The van der Waals surface area contributed by atoms with E-state index in [0.29, 0.717) is 31.0 Å². The molecule has 1 unspecified atom stereocenters. The molecule has 2 amide bonds. The molecule has 1 atom stereocenters. The first-order chi connectivity index (χ1) is 12.4. The topological polar surface area (TPSA) is 54.3 Å². The van der Waals surface area contributed by atoms with E-state index in [1.165, 1.54) is 6.08 Å². The average molecular weight is 374 g/mol. The van der Waals surface area contributed by atoms with Gasteiger partial charge < -0.3 is 14.8 Å². The Labute approximate surface area is 158 Å². The molecule has 1 aliphatic rings. The van der Waals surface area contributed by atoms with Crippen LogP contribution in [0.1, 0.15) is 31.4 Å². The maximum atomic E-state index is 12.7. The predicted octanol–water partition coefficient (Wildman–Crippen LogP) is 3.43. The summed E-state index contributed by atoms with van der Waals surface area (Å²) in [5, 5.41) is 4.93. The summed E-state index contributed by atoms with van der Waals surface area (Å²) in [6.07, 6.45) is 4.74. The molecule has 2 heterocycles. The molecule has 5 nitrogen and oxygen atoms in total. The predicted molar refractivity (Wildman–Crippen MR) is 104 cm³/mol. The lowest BCUT2D eigenvalue weighted by Gasteiger charge is -2.31. The fraction of sp³-hybridized carbons (Fsp3) is 0.400. The number of aromatic nitrogens is 1. The van der Waals surface area contributed by atoms with Crippen LogP contribution in [-0.2, 0) is 16.6 Å². The number of likely N-dealkylation sites (tertiary alicyclic amines) is 1. The van der Waals surface area contributed by atoms with Crippen molar-refractivity contribution >= 4 is 34.3 Å². The van der Waals surface area contributed by atoms with Crippen molar-refractivity contribution in [1.29, 1.82) is 0 Å². The highest BCUT2D eigenvalue weighted by atomic mass is 35.5. The van der Waals surface area contributed by atoms with Crippen LogP contribution in [0.25, 0.3) is 10.9 Å². The maximum Gasteiger partial charge on any atom is 0.245 e. The largest absolute Gasteiger partial charge is 0.350 e. The van der Waals surface area contributed by atoms with E-state index in [4.69, 9.17) is 11.6 Å². The second-order valence-corrected chi connectivity index (χ2v) is 7.33. The van der Waals surface area contributed by atoms with Crippen LogP contribution in [-0.4, -0.2) is 34.4 Å². The van der Waals surface area contributed by atoms with Gasteiger partial charge in [0.2, 0.25) is 11.8 Å². The van der Waals surface area contributed by atoms with Gasteiger partial charge in [-0.3, -0.25) is 9.59 Å². The molecule has 0 saturated carbocycles. The molecule has 1 aliphatic heterocycles. The van der Waals surface area contributed by atoms with Gasteiger partial charge in [-0.05, 0) is 43.5 Å². The second-order valence-electron chi connectivity index (χ2n) is 6.89. The summed E-state index contributed by atoms with van der Waals surface area (Å²) in [5.41, 5.74) is 2.12. The quantitative estimate of drug-likeness (QED) is 0.835. The zero-order chi connectivity index (χ0) is 18.8. The van der Waals surface area contributed by atoms with Gasteiger partial charge >= 0.3 is 0 Å². The number of carbonyl (C=O) groups excluding carboxylic acids is 2. The minimum absolute atomic E-state index is 0.0502. The highest BCUT2D eigenvalue weighted by Crippen LogP contribution is 2.29. The van der Waals surface area contributed by atoms with Crippen LogP contribution in [0.15, 0.2) is 37.1 Å². The summed E-state index contributed by atoms with van der Waals surface area (Å²) < 4.78 is 2.03. The molecule has 0 bridgehead atoms. The highest BCUT2D eigenvalue weighted by molar-refractivity contribution is 6.31. The van der Waals surface area contributed by atoms with Crippen molar-refractivity contribution in [1.82, 2.24) is 14.8 Å². The second kappa shape index (κ2) is 7.54. The number of piperidine rings is 1. The first-order valence-electron chi connectivity index (χ1n) is 8.87. The Morgan fingerprint density at radius 3 is 2.69 bits per heavy atom. The van der Waals surface area contributed by atoms with Crippen molar-refractivity contribution in [3.63, 3.8) is 0 Å². The molecule has 0 radical (unpaired) electrons. The number of benzene rings is 1. The van der Waals surface area contributed by atoms with Gasteiger partial charge in [-0.1, -0.05) is 24.2 Å². The van der Waals surface area contributed by atoms with E-state index in [1.54, 1.807) is 4.90 Å². The lowest BCUT2D eigenvalue weighted by atomic mass is 9.95. The van der Waals surface area contributed by atoms with Crippen LogP contribution in [0.5, 0.6) is 0 Å². The molecule has 6 heteroatoms. The summed E-state index contributed by atoms with van der Waals surface area (Å²) in [5.74, 6) is -0.0726. The fourth-order valence-corrected chi connectivity index (χ4v) is 3.80. The van der Waals surface area contributed by atoms with Gasteiger partial charge in [-0.15, -0.1) is 0 Å². The minimum Gasteiger partial charge on any atom is -0.350 e. The SMILES string of the molecule is C=CC(=O)N1CCC(C(=O)NC(C)c2cn(C)c3cc(Cl)ccc23)CC1. The van der Waals surface area contributed by atoms with E-state index in [-0.39, 0.29) is 23.8 Å². The van der Waals surface area contributed by atoms with E-state index < -0.39 is 0 Å². The van der Waals surface area contributed by atoms with Crippen molar-refractivity contribution in [2.75, 3.05) is 13.1 Å². The Bertz CT molecular complexity index is 850. The molecular formula is C20H24ClN3O2. The Hall–Kier alpha value is -2.27. The van der Waals surface area contributed by atoms with E-state index >= 15 is 0 Å². The third kappa shape index (κ3) is 3.63. The van der Waals surface area contributed by atoms with Crippen LogP contribution in [0, 0.1) is 5.92 Å². The Balaban J connectivity index is 1.67. The first-order valence-corrected chi connectivity index (χ1v) is 9.24. The molecule has 3 rings (SSSR count). The third-order valence-corrected chi connectivity index (χ3v) is 5.40. The van der Waals surface area contributed by atoms with Gasteiger partial charge in [0.1, 0.15) is 0 Å². The van der Waals surface area contributed by atoms with Crippen LogP contribution in [0.4, 0.5) is 0 Å². The summed E-state index contributed by atoms with van der Waals surface area (Å²) in [6.45, 7) is 6.71. The molecule has 0 spiro atoms.